The van der Waals surface area contributed by atoms with Crippen molar-refractivity contribution >= 4 is 17.0 Å². The third-order valence-electron chi connectivity index (χ3n) is 4.40. The van der Waals surface area contributed by atoms with E-state index in [2.05, 4.69) is 31.5 Å². The first-order valence-electron chi connectivity index (χ1n) is 8.31. The normalized spacial score (nSPS) is 13.1. The van der Waals surface area contributed by atoms with E-state index in [9.17, 15) is 0 Å². The zero-order valence-corrected chi connectivity index (χ0v) is 17.3. The van der Waals surface area contributed by atoms with Crippen LogP contribution in [0, 0.1) is 0 Å². The molecule has 0 rings (SSSR count). The van der Waals surface area contributed by atoms with Crippen molar-refractivity contribution in [1.82, 2.24) is 4.57 Å². The molecule has 0 aromatic rings. The lowest BCUT2D eigenvalue weighted by atomic mass is 10.3. The molecule has 0 amide bonds. The molecule has 0 atom stereocenters. The summed E-state index contributed by atoms with van der Waals surface area (Å²) >= 11 is 0. The van der Waals surface area contributed by atoms with Gasteiger partial charge in [0.05, 0.1) is 0 Å². The summed E-state index contributed by atoms with van der Waals surface area (Å²) in [5.74, 6) is 0. The lowest BCUT2D eigenvalue weighted by molar-refractivity contribution is 0.125. The van der Waals surface area contributed by atoms with Crippen LogP contribution < -0.4 is 0 Å². The molecular weight excluding hydrogens is 298 g/mol. The van der Waals surface area contributed by atoms with Crippen molar-refractivity contribution in [1.29, 1.82) is 0 Å². The molecule has 0 N–H and O–H groups in total. The molecule has 0 heterocycles. The van der Waals surface area contributed by atoms with E-state index >= 15 is 0 Å². The van der Waals surface area contributed by atoms with Crippen LogP contribution in [0.3, 0.4) is 0 Å². The second-order valence-electron chi connectivity index (χ2n) is 6.30. The van der Waals surface area contributed by atoms with Crippen LogP contribution in [-0.2, 0) is 13.3 Å². The van der Waals surface area contributed by atoms with Gasteiger partial charge < -0.3 is 17.8 Å². The van der Waals surface area contributed by atoms with Gasteiger partial charge >= 0.3 is 8.80 Å². The molecular formula is C15H37NO3Si2. The van der Waals surface area contributed by atoms with E-state index in [1.807, 2.05) is 0 Å². The van der Waals surface area contributed by atoms with Crippen LogP contribution in [0.2, 0.25) is 25.2 Å². The van der Waals surface area contributed by atoms with E-state index in [1.54, 1.807) is 21.3 Å². The maximum Gasteiger partial charge on any atom is 0.499 e. The Morgan fingerprint density at radius 2 is 1.19 bits per heavy atom. The van der Waals surface area contributed by atoms with Crippen molar-refractivity contribution in [3.63, 3.8) is 0 Å². The van der Waals surface area contributed by atoms with E-state index in [-0.39, 0.29) is 0 Å². The summed E-state index contributed by atoms with van der Waals surface area (Å²) in [6.45, 7) is 11.9. The first-order chi connectivity index (χ1) is 9.91. The van der Waals surface area contributed by atoms with Crippen molar-refractivity contribution in [3.05, 3.63) is 0 Å². The van der Waals surface area contributed by atoms with E-state index in [0.717, 1.165) is 6.04 Å². The Kier molecular flexibility index (Phi) is 11.1. The van der Waals surface area contributed by atoms with Gasteiger partial charge in [0.2, 0.25) is 0 Å². The third kappa shape index (κ3) is 7.39. The van der Waals surface area contributed by atoms with Crippen molar-refractivity contribution in [3.8, 4) is 0 Å². The van der Waals surface area contributed by atoms with Crippen LogP contribution in [0.15, 0.2) is 0 Å². The topological polar surface area (TPSA) is 30.9 Å². The average Bonchev–Trinajstić information content (AvgIpc) is 2.49. The maximum absolute atomic E-state index is 5.57. The first-order valence-corrected chi connectivity index (χ1v) is 13.4. The Balaban J connectivity index is 4.70. The Hall–Kier alpha value is 0.274. The van der Waals surface area contributed by atoms with Gasteiger partial charge in [-0.15, -0.1) is 0 Å². The Morgan fingerprint density at radius 3 is 1.52 bits per heavy atom. The van der Waals surface area contributed by atoms with E-state index in [0.29, 0.717) is 0 Å². The van der Waals surface area contributed by atoms with Crippen LogP contribution >= 0.6 is 0 Å². The van der Waals surface area contributed by atoms with Gasteiger partial charge in [-0.1, -0.05) is 39.8 Å². The standard InChI is InChI=1S/C15H37NO3Si2/c1-8-10-12-16(13-11-9-2)20(6,7)14-15-21(17-3,18-4)19-5/h8-15H2,1-7H3. The Labute approximate surface area is 134 Å². The lowest BCUT2D eigenvalue weighted by Gasteiger charge is -2.38. The minimum atomic E-state index is -2.43. The molecule has 0 spiro atoms. The molecule has 128 valence electrons. The minimum absolute atomic E-state index is 0.921. The van der Waals surface area contributed by atoms with Gasteiger partial charge in [-0.2, -0.15) is 0 Å². The van der Waals surface area contributed by atoms with E-state index < -0.39 is 17.0 Å². The summed E-state index contributed by atoms with van der Waals surface area (Å²) in [6.07, 6.45) is 5.11. The lowest BCUT2D eigenvalue weighted by Crippen LogP contribution is -2.52. The zero-order valence-electron chi connectivity index (χ0n) is 15.3. The Morgan fingerprint density at radius 1 is 0.762 bits per heavy atom. The fraction of sp³-hybridized carbons (Fsp3) is 1.00. The highest BCUT2D eigenvalue weighted by atomic mass is 28.4. The summed E-state index contributed by atoms with van der Waals surface area (Å²) in [7, 11) is 1.26. The molecule has 0 aliphatic rings. The van der Waals surface area contributed by atoms with Crippen molar-refractivity contribution < 1.29 is 13.3 Å². The molecule has 0 aliphatic carbocycles. The highest BCUT2D eigenvalue weighted by molar-refractivity contribution is 6.76. The Bertz CT molecular complexity index is 245. The molecule has 0 saturated heterocycles. The van der Waals surface area contributed by atoms with Gasteiger partial charge in [0, 0.05) is 27.4 Å². The van der Waals surface area contributed by atoms with Gasteiger partial charge in [0.25, 0.3) is 0 Å². The second kappa shape index (κ2) is 10.9. The highest BCUT2D eigenvalue weighted by Gasteiger charge is 2.41. The fourth-order valence-corrected chi connectivity index (χ4v) is 9.22. The SMILES string of the molecule is CCCCN(CCCC)[Si](C)(C)CC[Si](OC)(OC)OC. The summed E-state index contributed by atoms with van der Waals surface area (Å²) in [5, 5.41) is 0. The van der Waals surface area contributed by atoms with Gasteiger partial charge in [-0.3, -0.25) is 0 Å². The largest absolute Gasteiger partial charge is 0.499 e. The average molecular weight is 336 g/mol. The monoisotopic (exact) mass is 335 g/mol. The van der Waals surface area contributed by atoms with Crippen LogP contribution in [0.25, 0.3) is 0 Å². The molecule has 6 heteroatoms. The number of hydrogen-bond donors (Lipinski definition) is 0. The van der Waals surface area contributed by atoms with Crippen LogP contribution in [0.4, 0.5) is 0 Å². The summed E-state index contributed by atoms with van der Waals surface area (Å²) in [6, 6.07) is 2.09. The zero-order chi connectivity index (χ0) is 16.4. The highest BCUT2D eigenvalue weighted by Crippen LogP contribution is 2.25. The molecule has 0 radical (unpaired) electrons. The first kappa shape index (κ1) is 21.3. The van der Waals surface area contributed by atoms with Crippen LogP contribution in [-0.4, -0.2) is 56.0 Å². The van der Waals surface area contributed by atoms with Crippen LogP contribution in [0.1, 0.15) is 39.5 Å². The molecule has 0 unspecified atom stereocenters. The molecule has 0 aromatic carbocycles. The molecule has 0 aromatic heterocycles. The van der Waals surface area contributed by atoms with Crippen molar-refractivity contribution in [2.45, 2.75) is 64.7 Å². The molecule has 0 bridgehead atoms. The van der Waals surface area contributed by atoms with Gasteiger partial charge in [-0.25, -0.2) is 0 Å². The smallest absolute Gasteiger partial charge is 0.377 e. The summed E-state index contributed by atoms with van der Waals surface area (Å²) in [4.78, 5) is 0. The maximum atomic E-state index is 5.57. The predicted molar refractivity (Wildman–Crippen MR) is 95.3 cm³/mol. The number of nitrogens with zero attached hydrogens (tertiary/aromatic N) is 1. The molecule has 0 saturated carbocycles. The fourth-order valence-electron chi connectivity index (χ4n) is 2.59. The minimum Gasteiger partial charge on any atom is -0.377 e. The third-order valence-corrected chi connectivity index (χ3v) is 11.3. The number of hydrogen-bond acceptors (Lipinski definition) is 4. The van der Waals surface area contributed by atoms with Crippen molar-refractivity contribution in [2.24, 2.45) is 0 Å². The summed E-state index contributed by atoms with van der Waals surface area (Å²) in [5.41, 5.74) is 0. The number of unbranched alkanes of at least 4 members (excludes halogenated alkanes) is 2. The number of rotatable bonds is 13. The quantitative estimate of drug-likeness (QED) is 0.477. The van der Waals surface area contributed by atoms with E-state index in [1.165, 1.54) is 44.8 Å². The molecule has 0 aliphatic heterocycles. The van der Waals surface area contributed by atoms with E-state index in [4.69, 9.17) is 13.3 Å². The van der Waals surface area contributed by atoms with Crippen molar-refractivity contribution in [2.75, 3.05) is 34.4 Å². The van der Waals surface area contributed by atoms with Gasteiger partial charge in [0.15, 0.2) is 0 Å². The molecule has 0 fully saturated rings. The van der Waals surface area contributed by atoms with Crippen LogP contribution in [0.5, 0.6) is 0 Å². The van der Waals surface area contributed by atoms with Gasteiger partial charge in [0.1, 0.15) is 8.24 Å². The molecule has 21 heavy (non-hydrogen) atoms. The molecule has 4 nitrogen and oxygen atoms in total. The predicted octanol–water partition coefficient (Wildman–Crippen LogP) is 3.97. The second-order valence-corrected chi connectivity index (χ2v) is 14.2. The summed E-state index contributed by atoms with van der Waals surface area (Å²) < 4.78 is 19.5. The van der Waals surface area contributed by atoms with Gasteiger partial charge in [-0.05, 0) is 32.0 Å².